The number of halogens is 5. The maximum absolute atomic E-state index is 13.6. The number of carbonyl (C=O) groups is 1. The van der Waals surface area contributed by atoms with Crippen LogP contribution in [-0.2, 0) is 21.1 Å². The molecular formula is C26H29F5N2O4S. The summed E-state index contributed by atoms with van der Waals surface area (Å²) in [5, 5.41) is 9.31. The van der Waals surface area contributed by atoms with E-state index in [4.69, 9.17) is 0 Å². The topological polar surface area (TPSA) is 86.7 Å². The Hall–Kier alpha value is -2.83. The van der Waals surface area contributed by atoms with E-state index in [2.05, 4.69) is 6.58 Å². The molecule has 1 saturated heterocycles. The summed E-state index contributed by atoms with van der Waals surface area (Å²) in [5.74, 6) is -5.78. The van der Waals surface area contributed by atoms with E-state index in [1.54, 1.807) is 19.1 Å². The molecule has 2 aromatic carbocycles. The molecule has 0 atom stereocenters. The van der Waals surface area contributed by atoms with Gasteiger partial charge in [0, 0.05) is 26.1 Å². The van der Waals surface area contributed by atoms with Gasteiger partial charge in [-0.05, 0) is 60.6 Å². The molecule has 3 rings (SSSR count). The van der Waals surface area contributed by atoms with Crippen LogP contribution >= 0.6 is 0 Å². The summed E-state index contributed by atoms with van der Waals surface area (Å²) in [6.45, 7) is 6.50. The number of nitrogens with zero attached hydrogens (tertiary/aromatic N) is 1. The van der Waals surface area contributed by atoms with Gasteiger partial charge in [0.2, 0.25) is 0 Å². The highest BCUT2D eigenvalue weighted by Crippen LogP contribution is 2.39. The Balaban J connectivity index is 1.83. The minimum atomic E-state index is -5.61. The molecule has 0 unspecified atom stereocenters. The molecule has 6 nitrogen and oxygen atoms in total. The first kappa shape index (κ1) is 29.7. The number of hydrogen-bond donors (Lipinski definition) is 2. The van der Waals surface area contributed by atoms with Crippen LogP contribution in [0.4, 0.5) is 22.0 Å². The van der Waals surface area contributed by atoms with Crippen molar-refractivity contribution in [3.63, 3.8) is 0 Å². The summed E-state index contributed by atoms with van der Waals surface area (Å²) >= 11 is 0. The number of alkyl halides is 5. The van der Waals surface area contributed by atoms with E-state index in [-0.39, 0.29) is 17.7 Å². The zero-order chi connectivity index (χ0) is 28.4. The van der Waals surface area contributed by atoms with E-state index in [1.165, 1.54) is 41.9 Å². The zero-order valence-electron chi connectivity index (χ0n) is 20.7. The van der Waals surface area contributed by atoms with Crippen molar-refractivity contribution in [2.75, 3.05) is 19.6 Å². The molecule has 0 aliphatic carbocycles. The number of benzene rings is 2. The monoisotopic (exact) mass is 560 g/mol. The van der Waals surface area contributed by atoms with Gasteiger partial charge in [-0.15, -0.1) is 6.58 Å². The summed E-state index contributed by atoms with van der Waals surface area (Å²) in [5.41, 5.74) is 3.67. The fourth-order valence-corrected chi connectivity index (χ4v) is 6.64. The van der Waals surface area contributed by atoms with Crippen molar-refractivity contribution in [1.29, 1.82) is 0 Å². The van der Waals surface area contributed by atoms with Crippen LogP contribution in [0.5, 0.6) is 0 Å². The Labute approximate surface area is 218 Å². The van der Waals surface area contributed by atoms with Crippen LogP contribution in [-0.4, -0.2) is 60.9 Å². The van der Waals surface area contributed by atoms with Gasteiger partial charge in [0.05, 0.1) is 4.90 Å². The highest BCUT2D eigenvalue weighted by Gasteiger charge is 2.56. The fraction of sp³-hybridized carbons (Fsp3) is 0.423. The predicted octanol–water partition coefficient (Wildman–Crippen LogP) is 5.09. The maximum Gasteiger partial charge on any atom is 0.453 e. The maximum atomic E-state index is 13.6. The number of carbonyl (C=O) groups excluding carboxylic acids is 1. The smallest absolute Gasteiger partial charge is 0.300 e. The van der Waals surface area contributed by atoms with Crippen molar-refractivity contribution >= 4 is 15.7 Å². The van der Waals surface area contributed by atoms with Crippen LogP contribution in [0.25, 0.3) is 11.1 Å². The molecule has 12 heteroatoms. The van der Waals surface area contributed by atoms with Crippen LogP contribution in [0.2, 0.25) is 0 Å². The molecule has 2 aromatic rings. The lowest BCUT2D eigenvalue weighted by molar-refractivity contribution is -0.284. The Morgan fingerprint density at radius 2 is 1.71 bits per heavy atom. The van der Waals surface area contributed by atoms with Crippen molar-refractivity contribution in [1.82, 2.24) is 10.4 Å². The van der Waals surface area contributed by atoms with Gasteiger partial charge in [-0.25, -0.2) is 13.9 Å². The van der Waals surface area contributed by atoms with Crippen LogP contribution in [0, 0.1) is 6.92 Å². The molecule has 38 heavy (non-hydrogen) atoms. The molecule has 1 aliphatic rings. The Bertz CT molecular complexity index is 1270. The minimum absolute atomic E-state index is 0.0225. The number of sulfone groups is 1. The third kappa shape index (κ3) is 5.76. The van der Waals surface area contributed by atoms with E-state index in [0.717, 1.165) is 0 Å². The first-order chi connectivity index (χ1) is 17.7. The van der Waals surface area contributed by atoms with Crippen molar-refractivity contribution < 1.29 is 40.4 Å². The standard InChI is InChI=1S/C26H29F5N2O4S/c1-3-14-33-15-12-24(13-16-33,23(34)32-35)38(36,37)21-7-5-20(6-8-21)22-9-4-19(17-18(22)2)10-11-25(27,28)26(29,30)31/h3-9,17,35H,1,10-16H2,2H3,(H,32,34). The molecule has 1 amide bonds. The van der Waals surface area contributed by atoms with Crippen molar-refractivity contribution in [2.24, 2.45) is 0 Å². The van der Waals surface area contributed by atoms with Crippen molar-refractivity contribution in [3.05, 3.63) is 66.2 Å². The molecule has 0 saturated carbocycles. The first-order valence-corrected chi connectivity index (χ1v) is 13.3. The number of amides is 1. The average molecular weight is 561 g/mol. The number of hydrogen-bond acceptors (Lipinski definition) is 5. The van der Waals surface area contributed by atoms with Gasteiger partial charge in [0.25, 0.3) is 5.91 Å². The largest absolute Gasteiger partial charge is 0.453 e. The van der Waals surface area contributed by atoms with Gasteiger partial charge in [-0.2, -0.15) is 22.0 Å². The summed E-state index contributed by atoms with van der Waals surface area (Å²) in [6, 6.07) is 10.3. The van der Waals surface area contributed by atoms with E-state index in [0.29, 0.717) is 41.9 Å². The van der Waals surface area contributed by atoms with Gasteiger partial charge in [-0.1, -0.05) is 36.4 Å². The molecule has 0 spiro atoms. The molecule has 1 fully saturated rings. The predicted molar refractivity (Wildman–Crippen MR) is 132 cm³/mol. The molecule has 2 N–H and O–H groups in total. The number of likely N-dealkylation sites (tertiary alicyclic amines) is 1. The Kier molecular flexibility index (Phi) is 8.69. The number of piperidine rings is 1. The normalized spacial score (nSPS) is 16.7. The summed E-state index contributed by atoms with van der Waals surface area (Å²) < 4.78 is 89.2. The van der Waals surface area contributed by atoms with Crippen molar-refractivity contribution in [3.8, 4) is 11.1 Å². The van der Waals surface area contributed by atoms with Crippen LogP contribution < -0.4 is 5.48 Å². The van der Waals surface area contributed by atoms with Gasteiger partial charge in [0.15, 0.2) is 14.6 Å². The first-order valence-electron chi connectivity index (χ1n) is 11.9. The lowest BCUT2D eigenvalue weighted by Crippen LogP contribution is -2.57. The minimum Gasteiger partial charge on any atom is -0.300 e. The molecule has 0 radical (unpaired) electrons. The summed E-state index contributed by atoms with van der Waals surface area (Å²) in [4.78, 5) is 14.5. The van der Waals surface area contributed by atoms with Gasteiger partial charge >= 0.3 is 12.1 Å². The molecular weight excluding hydrogens is 531 g/mol. The highest BCUT2D eigenvalue weighted by molar-refractivity contribution is 7.93. The second kappa shape index (κ2) is 11.1. The van der Waals surface area contributed by atoms with Gasteiger partial charge in [-0.3, -0.25) is 14.9 Å². The number of hydroxylamine groups is 1. The summed E-state index contributed by atoms with van der Waals surface area (Å²) in [7, 11) is -4.21. The third-order valence-corrected chi connectivity index (χ3v) is 9.50. The summed E-state index contributed by atoms with van der Waals surface area (Å²) in [6.07, 6.45) is -5.81. The highest BCUT2D eigenvalue weighted by atomic mass is 32.2. The molecule has 208 valence electrons. The molecule has 0 aromatic heterocycles. The van der Waals surface area contributed by atoms with E-state index < -0.39 is 45.4 Å². The molecule has 1 aliphatic heterocycles. The number of aryl methyl sites for hydroxylation is 2. The van der Waals surface area contributed by atoms with Gasteiger partial charge in [0.1, 0.15) is 0 Å². The van der Waals surface area contributed by atoms with E-state index in [9.17, 15) is 40.4 Å². The average Bonchev–Trinajstić information content (AvgIpc) is 2.87. The fourth-order valence-electron chi connectivity index (χ4n) is 4.69. The lowest BCUT2D eigenvalue weighted by atomic mass is 9.95. The van der Waals surface area contributed by atoms with Crippen LogP contribution in [0.1, 0.15) is 30.4 Å². The van der Waals surface area contributed by atoms with Crippen LogP contribution in [0.3, 0.4) is 0 Å². The lowest BCUT2D eigenvalue weighted by Gasteiger charge is -2.39. The zero-order valence-corrected chi connectivity index (χ0v) is 21.5. The molecule has 1 heterocycles. The second-order valence-electron chi connectivity index (χ2n) is 9.40. The third-order valence-electron chi connectivity index (χ3n) is 6.99. The number of nitrogens with one attached hydrogen (secondary N) is 1. The number of rotatable bonds is 9. The van der Waals surface area contributed by atoms with Crippen LogP contribution in [0.15, 0.2) is 60.0 Å². The van der Waals surface area contributed by atoms with Crippen molar-refractivity contribution in [2.45, 2.75) is 54.3 Å². The Morgan fingerprint density at radius 3 is 2.21 bits per heavy atom. The second-order valence-corrected chi connectivity index (χ2v) is 11.7. The quantitative estimate of drug-likeness (QED) is 0.193. The molecule has 0 bridgehead atoms. The van der Waals surface area contributed by atoms with E-state index >= 15 is 0 Å². The van der Waals surface area contributed by atoms with Gasteiger partial charge < -0.3 is 0 Å². The van der Waals surface area contributed by atoms with E-state index in [1.807, 2.05) is 4.90 Å². The Morgan fingerprint density at radius 1 is 1.11 bits per heavy atom. The SMILES string of the molecule is C=CCN1CCC(C(=O)NO)(S(=O)(=O)c2ccc(-c3ccc(CCC(F)(F)C(F)(F)F)cc3C)cc2)CC1.